The van der Waals surface area contributed by atoms with Gasteiger partial charge in [0.2, 0.25) is 0 Å². The second-order valence-corrected chi connectivity index (χ2v) is 4.35. The highest BCUT2D eigenvalue weighted by atomic mass is 32.1. The Bertz CT molecular complexity index is 378. The van der Waals surface area contributed by atoms with Crippen molar-refractivity contribution in [2.45, 2.75) is 13.3 Å². The van der Waals surface area contributed by atoms with Gasteiger partial charge in [0.1, 0.15) is 0 Å². The van der Waals surface area contributed by atoms with Crippen LogP contribution in [0.15, 0.2) is 36.5 Å². The summed E-state index contributed by atoms with van der Waals surface area (Å²) in [7, 11) is 0. The van der Waals surface area contributed by atoms with Crippen molar-refractivity contribution in [3.8, 4) is 0 Å². The van der Waals surface area contributed by atoms with E-state index in [1.165, 1.54) is 15.4 Å². The van der Waals surface area contributed by atoms with Crippen LogP contribution < -0.4 is 0 Å². The van der Waals surface area contributed by atoms with Crippen molar-refractivity contribution >= 4 is 11.3 Å². The largest absolute Gasteiger partial charge is 0.249 e. The zero-order valence-corrected chi connectivity index (χ0v) is 8.34. The molecule has 0 saturated carbocycles. The predicted molar refractivity (Wildman–Crippen MR) is 56.1 cm³/mol. The zero-order chi connectivity index (χ0) is 9.10. The van der Waals surface area contributed by atoms with Gasteiger partial charge in [0.25, 0.3) is 0 Å². The van der Waals surface area contributed by atoms with Gasteiger partial charge in [-0.1, -0.05) is 30.3 Å². The van der Waals surface area contributed by atoms with Gasteiger partial charge in [-0.3, -0.25) is 0 Å². The minimum Gasteiger partial charge on any atom is -0.249 e. The molecule has 0 N–H and O–H groups in total. The van der Waals surface area contributed by atoms with Crippen LogP contribution in [-0.2, 0) is 6.42 Å². The maximum absolute atomic E-state index is 4.33. The first kappa shape index (κ1) is 8.45. The second kappa shape index (κ2) is 3.71. The molecule has 0 fully saturated rings. The third-order valence-corrected chi connectivity index (χ3v) is 2.78. The summed E-state index contributed by atoms with van der Waals surface area (Å²) in [5.74, 6) is 0. The highest BCUT2D eigenvalue weighted by Gasteiger charge is 1.99. The number of nitrogens with zero attached hydrogens (tertiary/aromatic N) is 1. The number of aryl methyl sites for hydroxylation is 1. The Labute approximate surface area is 82.1 Å². The van der Waals surface area contributed by atoms with Crippen molar-refractivity contribution in [2.75, 3.05) is 0 Å². The van der Waals surface area contributed by atoms with Gasteiger partial charge in [0.15, 0.2) is 0 Å². The van der Waals surface area contributed by atoms with Gasteiger partial charge in [-0.05, 0) is 12.5 Å². The summed E-state index contributed by atoms with van der Waals surface area (Å²) >= 11 is 1.77. The highest BCUT2D eigenvalue weighted by molar-refractivity contribution is 7.11. The van der Waals surface area contributed by atoms with E-state index in [2.05, 4.69) is 36.2 Å². The van der Waals surface area contributed by atoms with Gasteiger partial charge in [0.05, 0.1) is 5.01 Å². The molecule has 0 bridgehead atoms. The number of hydrogen-bond acceptors (Lipinski definition) is 2. The molecule has 1 heterocycles. The smallest absolute Gasteiger partial charge is 0.0971 e. The summed E-state index contributed by atoms with van der Waals surface area (Å²) in [5.41, 5.74) is 1.33. The van der Waals surface area contributed by atoms with Crippen LogP contribution in [0, 0.1) is 6.92 Å². The molecule has 0 unspecified atom stereocenters. The van der Waals surface area contributed by atoms with Crippen molar-refractivity contribution in [2.24, 2.45) is 0 Å². The molecular weight excluding hydrogens is 178 g/mol. The summed E-state index contributed by atoms with van der Waals surface area (Å²) in [6, 6.07) is 10.4. The fraction of sp³-hybridized carbons (Fsp3) is 0.182. The minimum absolute atomic E-state index is 0.958. The maximum Gasteiger partial charge on any atom is 0.0971 e. The molecule has 1 aromatic carbocycles. The Hall–Kier alpha value is -1.15. The standard InChI is InChI=1S/C11H11NS/c1-9-8-12-11(13-9)7-10-5-3-2-4-6-10/h2-6,8H,7H2,1H3. The third kappa shape index (κ3) is 2.16. The first-order valence-corrected chi connectivity index (χ1v) is 5.11. The fourth-order valence-electron chi connectivity index (χ4n) is 1.25. The Balaban J connectivity index is 2.15. The summed E-state index contributed by atoms with van der Waals surface area (Å²) in [6.07, 6.45) is 2.89. The first-order valence-electron chi connectivity index (χ1n) is 4.30. The van der Waals surface area contributed by atoms with Crippen molar-refractivity contribution in [3.63, 3.8) is 0 Å². The summed E-state index contributed by atoms with van der Waals surface area (Å²) in [5, 5.41) is 1.20. The molecule has 2 heteroatoms. The van der Waals surface area contributed by atoms with Gasteiger partial charge >= 0.3 is 0 Å². The van der Waals surface area contributed by atoms with E-state index in [1.807, 2.05) is 12.3 Å². The minimum atomic E-state index is 0.958. The van der Waals surface area contributed by atoms with Crippen LogP contribution in [0.2, 0.25) is 0 Å². The van der Waals surface area contributed by atoms with Crippen molar-refractivity contribution < 1.29 is 0 Å². The SMILES string of the molecule is Cc1cnc(Cc2ccccc2)s1. The van der Waals surface area contributed by atoms with Crippen LogP contribution >= 0.6 is 11.3 Å². The van der Waals surface area contributed by atoms with Crippen molar-refractivity contribution in [3.05, 3.63) is 52.0 Å². The Morgan fingerprint density at radius 3 is 2.62 bits per heavy atom. The number of rotatable bonds is 2. The zero-order valence-electron chi connectivity index (χ0n) is 7.53. The van der Waals surface area contributed by atoms with E-state index in [1.54, 1.807) is 11.3 Å². The molecule has 1 nitrogen and oxygen atoms in total. The van der Waals surface area contributed by atoms with Crippen molar-refractivity contribution in [1.29, 1.82) is 0 Å². The Morgan fingerprint density at radius 1 is 1.23 bits per heavy atom. The summed E-state index contributed by atoms with van der Waals surface area (Å²) in [6.45, 7) is 2.09. The Kier molecular flexibility index (Phi) is 2.41. The third-order valence-electron chi connectivity index (χ3n) is 1.87. The van der Waals surface area contributed by atoms with Crippen LogP contribution in [0.4, 0.5) is 0 Å². The van der Waals surface area contributed by atoms with Gasteiger partial charge in [0, 0.05) is 17.5 Å². The van der Waals surface area contributed by atoms with Crippen LogP contribution in [0.25, 0.3) is 0 Å². The molecule has 1 aromatic heterocycles. The topological polar surface area (TPSA) is 12.9 Å². The highest BCUT2D eigenvalue weighted by Crippen LogP contribution is 2.15. The summed E-state index contributed by atoms with van der Waals surface area (Å²) in [4.78, 5) is 5.61. The molecular formula is C11H11NS. The van der Waals surface area contributed by atoms with E-state index in [-0.39, 0.29) is 0 Å². The van der Waals surface area contributed by atoms with E-state index in [0.717, 1.165) is 6.42 Å². The van der Waals surface area contributed by atoms with E-state index in [4.69, 9.17) is 0 Å². The van der Waals surface area contributed by atoms with E-state index >= 15 is 0 Å². The van der Waals surface area contributed by atoms with Crippen LogP contribution in [0.5, 0.6) is 0 Å². The van der Waals surface area contributed by atoms with Crippen LogP contribution in [-0.4, -0.2) is 4.98 Å². The van der Waals surface area contributed by atoms with E-state index in [0.29, 0.717) is 0 Å². The number of benzene rings is 1. The lowest BCUT2D eigenvalue weighted by molar-refractivity contribution is 1.14. The maximum atomic E-state index is 4.33. The molecule has 66 valence electrons. The average molecular weight is 189 g/mol. The molecule has 0 saturated heterocycles. The van der Waals surface area contributed by atoms with Gasteiger partial charge in [-0.15, -0.1) is 11.3 Å². The second-order valence-electron chi connectivity index (χ2n) is 3.03. The number of hydrogen-bond donors (Lipinski definition) is 0. The summed E-state index contributed by atoms with van der Waals surface area (Å²) < 4.78 is 0. The van der Waals surface area contributed by atoms with E-state index < -0.39 is 0 Å². The first-order chi connectivity index (χ1) is 6.34. The van der Waals surface area contributed by atoms with Gasteiger partial charge in [-0.25, -0.2) is 4.98 Å². The molecule has 0 spiro atoms. The molecule has 13 heavy (non-hydrogen) atoms. The Morgan fingerprint density at radius 2 is 2.00 bits per heavy atom. The molecule has 2 aromatic rings. The fourth-order valence-corrected chi connectivity index (χ4v) is 2.07. The lowest BCUT2D eigenvalue weighted by atomic mass is 10.2. The quantitative estimate of drug-likeness (QED) is 0.707. The molecule has 0 aliphatic heterocycles. The number of aromatic nitrogens is 1. The normalized spacial score (nSPS) is 10.2. The lowest BCUT2D eigenvalue weighted by Gasteiger charge is -1.95. The average Bonchev–Trinajstić information content (AvgIpc) is 2.53. The number of thiazole rings is 1. The van der Waals surface area contributed by atoms with Crippen LogP contribution in [0.3, 0.4) is 0 Å². The molecule has 0 radical (unpaired) electrons. The molecule has 0 atom stereocenters. The predicted octanol–water partition coefficient (Wildman–Crippen LogP) is 3.04. The molecule has 0 amide bonds. The lowest BCUT2D eigenvalue weighted by Crippen LogP contribution is -1.84. The van der Waals surface area contributed by atoms with Crippen LogP contribution in [0.1, 0.15) is 15.4 Å². The molecule has 0 aliphatic rings. The van der Waals surface area contributed by atoms with Gasteiger partial charge in [-0.2, -0.15) is 0 Å². The van der Waals surface area contributed by atoms with Gasteiger partial charge < -0.3 is 0 Å². The van der Waals surface area contributed by atoms with E-state index in [9.17, 15) is 0 Å². The molecule has 0 aliphatic carbocycles. The van der Waals surface area contributed by atoms with Crippen molar-refractivity contribution in [1.82, 2.24) is 4.98 Å². The molecule has 2 rings (SSSR count). The monoisotopic (exact) mass is 189 g/mol.